The molecule has 0 radical (unpaired) electrons. The third-order valence-electron chi connectivity index (χ3n) is 13.6. The summed E-state index contributed by atoms with van der Waals surface area (Å²) in [6.45, 7) is 0. The normalized spacial score (nSPS) is 38.7. The maximum absolute atomic E-state index is 7.14. The van der Waals surface area contributed by atoms with Gasteiger partial charge in [0.25, 0.3) is 0 Å². The van der Waals surface area contributed by atoms with Gasteiger partial charge in [0.2, 0.25) is 0 Å². The first-order chi connectivity index (χ1) is 21.9. The molecule has 5 aromatic rings. The molecule has 8 atom stereocenters. The van der Waals surface area contributed by atoms with Crippen molar-refractivity contribution in [3.05, 3.63) is 176 Å². The van der Waals surface area contributed by atoms with E-state index in [4.69, 9.17) is 9.47 Å². The van der Waals surface area contributed by atoms with E-state index in [1.807, 2.05) is 0 Å². The minimum absolute atomic E-state index is 0.165. The summed E-state index contributed by atoms with van der Waals surface area (Å²) < 4.78 is 14.3. The lowest BCUT2D eigenvalue weighted by Gasteiger charge is -2.52. The summed E-state index contributed by atoms with van der Waals surface area (Å²) in [7, 11) is 0. The van der Waals surface area contributed by atoms with Gasteiger partial charge in [-0.15, -0.1) is 0 Å². The molecular weight excluding hydrogens is 536 g/mol. The van der Waals surface area contributed by atoms with Crippen molar-refractivity contribution in [2.75, 3.05) is 0 Å². The van der Waals surface area contributed by atoms with Crippen molar-refractivity contribution < 1.29 is 9.47 Å². The lowest BCUT2D eigenvalue weighted by atomic mass is 9.49. The molecule has 15 rings (SSSR count). The zero-order valence-corrected chi connectivity index (χ0v) is 24.1. The van der Waals surface area contributed by atoms with E-state index in [0.29, 0.717) is 47.3 Å². The van der Waals surface area contributed by atoms with Crippen LogP contribution in [0.25, 0.3) is 0 Å². The third-order valence-corrected chi connectivity index (χ3v) is 13.6. The Kier molecular flexibility index (Phi) is 3.73. The smallest absolute Gasteiger partial charge is 0.0878 e. The van der Waals surface area contributed by atoms with E-state index in [0.717, 1.165) is 0 Å². The highest BCUT2D eigenvalue weighted by Crippen LogP contribution is 2.75. The summed E-state index contributed by atoms with van der Waals surface area (Å²) >= 11 is 0. The zero-order chi connectivity index (χ0) is 28.0. The Balaban J connectivity index is 0.979. The lowest BCUT2D eigenvalue weighted by molar-refractivity contribution is 0.0494. The molecule has 2 saturated heterocycles. The minimum Gasteiger partial charge on any atom is -0.365 e. The summed E-state index contributed by atoms with van der Waals surface area (Å²) in [5.74, 6) is 3.63. The molecule has 0 aromatic heterocycles. The van der Waals surface area contributed by atoms with Gasteiger partial charge in [-0.25, -0.2) is 0 Å². The Labute approximate surface area is 256 Å². The standard InChI is InChI=1S/C42H30O2/c1-2-10-20-19(9-1)31-21-11-3-4-12-22(21)32(20)36-35(31)39-27-17-29-30(18-28(27)40(36)43-39)42-38-34-25-15-7-5-13-23(25)33(37(38)41(29)44-42)24-14-6-8-16-26(24)34/h1-18,31-42H/t31?,32?,33?,34?,35-,36-,37-,38+,39-,40-,41-,42-/m0/s1. The largest absolute Gasteiger partial charge is 0.365 e. The van der Waals surface area contributed by atoms with Crippen LogP contribution in [0.2, 0.25) is 0 Å². The average molecular weight is 567 g/mol. The van der Waals surface area contributed by atoms with Crippen molar-refractivity contribution in [1.82, 2.24) is 0 Å². The van der Waals surface area contributed by atoms with Gasteiger partial charge in [0, 0.05) is 47.3 Å². The topological polar surface area (TPSA) is 18.5 Å². The molecular formula is C42H30O2. The zero-order valence-electron chi connectivity index (χ0n) is 24.1. The van der Waals surface area contributed by atoms with Crippen LogP contribution in [0.4, 0.5) is 0 Å². The van der Waals surface area contributed by atoms with Crippen LogP contribution >= 0.6 is 0 Å². The fraction of sp³-hybridized carbons (Fsp3) is 0.286. The van der Waals surface area contributed by atoms with Crippen LogP contribution < -0.4 is 0 Å². The van der Waals surface area contributed by atoms with Crippen molar-refractivity contribution in [2.45, 2.75) is 48.1 Å². The third kappa shape index (κ3) is 2.25. The molecule has 0 saturated carbocycles. The number of fused-ring (bicyclic) bond motifs is 10. The average Bonchev–Trinajstić information content (AvgIpc) is 3.86. The Morgan fingerprint density at radius 2 is 0.477 bits per heavy atom. The molecule has 4 heterocycles. The summed E-state index contributed by atoms with van der Waals surface area (Å²) in [5.41, 5.74) is 18.2. The van der Waals surface area contributed by atoms with Gasteiger partial charge in [-0.2, -0.15) is 0 Å². The van der Waals surface area contributed by atoms with Crippen LogP contribution in [0.1, 0.15) is 115 Å². The maximum Gasteiger partial charge on any atom is 0.0878 e. The van der Waals surface area contributed by atoms with Crippen LogP contribution in [0, 0.1) is 23.7 Å². The molecule has 4 aliphatic heterocycles. The van der Waals surface area contributed by atoms with Crippen molar-refractivity contribution in [3.8, 4) is 0 Å². The summed E-state index contributed by atoms with van der Waals surface area (Å²) in [6, 6.07) is 42.3. The van der Waals surface area contributed by atoms with Gasteiger partial charge in [-0.1, -0.05) is 97.1 Å². The summed E-state index contributed by atoms with van der Waals surface area (Å²) in [4.78, 5) is 0. The first kappa shape index (κ1) is 22.5. The first-order valence-electron chi connectivity index (χ1n) is 16.7. The van der Waals surface area contributed by atoms with Crippen LogP contribution in [0.3, 0.4) is 0 Å². The molecule has 10 aliphatic rings. The van der Waals surface area contributed by atoms with E-state index >= 15 is 0 Å². The molecule has 2 nitrogen and oxygen atoms in total. The van der Waals surface area contributed by atoms with E-state index in [9.17, 15) is 0 Å². The molecule has 5 aromatic carbocycles. The highest BCUT2D eigenvalue weighted by molar-refractivity contribution is 5.63. The molecule has 0 unspecified atom stereocenters. The second-order valence-electron chi connectivity index (χ2n) is 14.8. The molecule has 210 valence electrons. The molecule has 0 N–H and O–H groups in total. The van der Waals surface area contributed by atoms with Crippen LogP contribution in [-0.4, -0.2) is 0 Å². The van der Waals surface area contributed by atoms with Gasteiger partial charge >= 0.3 is 0 Å². The van der Waals surface area contributed by atoms with E-state index in [2.05, 4.69) is 109 Å². The number of benzene rings is 5. The van der Waals surface area contributed by atoms with Crippen molar-refractivity contribution in [2.24, 2.45) is 23.7 Å². The Bertz CT molecular complexity index is 1750. The molecule has 44 heavy (non-hydrogen) atoms. The van der Waals surface area contributed by atoms with E-state index in [1.54, 1.807) is 0 Å². The van der Waals surface area contributed by atoms with Gasteiger partial charge < -0.3 is 9.47 Å². The predicted octanol–water partition coefficient (Wildman–Crippen LogP) is 8.99. The number of ether oxygens (including phenoxy) is 2. The Hall–Kier alpha value is -3.98. The molecule has 0 spiro atoms. The number of rotatable bonds is 0. The van der Waals surface area contributed by atoms with Gasteiger partial charge in [-0.05, 0) is 78.9 Å². The lowest BCUT2D eigenvalue weighted by Crippen LogP contribution is -2.43. The second kappa shape index (κ2) is 7.28. The highest BCUT2D eigenvalue weighted by Gasteiger charge is 2.66. The van der Waals surface area contributed by atoms with Gasteiger partial charge in [0.05, 0.1) is 24.4 Å². The second-order valence-corrected chi connectivity index (χ2v) is 14.8. The fourth-order valence-electron chi connectivity index (χ4n) is 12.5. The van der Waals surface area contributed by atoms with E-state index < -0.39 is 0 Å². The quantitative estimate of drug-likeness (QED) is 0.186. The first-order valence-corrected chi connectivity index (χ1v) is 16.7. The summed E-state index contributed by atoms with van der Waals surface area (Å²) in [6.07, 6.45) is 0.662. The van der Waals surface area contributed by atoms with Gasteiger partial charge in [0.15, 0.2) is 0 Å². The monoisotopic (exact) mass is 566 g/mol. The fourth-order valence-corrected chi connectivity index (χ4v) is 12.5. The van der Waals surface area contributed by atoms with Gasteiger partial charge in [-0.3, -0.25) is 0 Å². The SMILES string of the molecule is c1ccc2c(c1)C1c3ccccc3C2[C@H]2[C@@H]1[C@H]1O[C@H]2c2cc3c(cc21)[C@@H]1O[C@@H]3[C@H]2C3c4ccccc4C(c4ccccc43)[C@@H]21. The van der Waals surface area contributed by atoms with E-state index in [1.165, 1.54) is 66.8 Å². The Morgan fingerprint density at radius 1 is 0.273 bits per heavy atom. The van der Waals surface area contributed by atoms with Crippen molar-refractivity contribution in [3.63, 3.8) is 0 Å². The maximum atomic E-state index is 7.14. The van der Waals surface area contributed by atoms with Crippen molar-refractivity contribution in [1.29, 1.82) is 0 Å². The number of hydrogen-bond donors (Lipinski definition) is 0. The molecule has 0 amide bonds. The molecule has 2 fully saturated rings. The predicted molar refractivity (Wildman–Crippen MR) is 167 cm³/mol. The van der Waals surface area contributed by atoms with Gasteiger partial charge in [0.1, 0.15) is 0 Å². The minimum atomic E-state index is 0.165. The van der Waals surface area contributed by atoms with Crippen LogP contribution in [0.15, 0.2) is 109 Å². The van der Waals surface area contributed by atoms with Crippen molar-refractivity contribution >= 4 is 0 Å². The molecule has 6 aliphatic carbocycles. The Morgan fingerprint density at radius 3 is 0.682 bits per heavy atom. The van der Waals surface area contributed by atoms with E-state index in [-0.39, 0.29) is 24.4 Å². The highest BCUT2D eigenvalue weighted by atomic mass is 16.5. The van der Waals surface area contributed by atoms with Crippen LogP contribution in [0.5, 0.6) is 0 Å². The number of hydrogen-bond acceptors (Lipinski definition) is 2. The molecule has 8 bridgehead atoms. The molecule has 2 heteroatoms. The van der Waals surface area contributed by atoms with Crippen LogP contribution in [-0.2, 0) is 9.47 Å². The summed E-state index contributed by atoms with van der Waals surface area (Å²) in [5, 5.41) is 0.